The third-order valence-electron chi connectivity index (χ3n) is 8.12. The van der Waals surface area contributed by atoms with Gasteiger partial charge >= 0.3 is 0 Å². The maximum atomic E-state index is 14.0. The average Bonchev–Trinajstić information content (AvgIpc) is 2.80. The van der Waals surface area contributed by atoms with Gasteiger partial charge in [0.2, 0.25) is 5.91 Å². The van der Waals surface area contributed by atoms with E-state index in [1.54, 1.807) is 0 Å². The van der Waals surface area contributed by atoms with Gasteiger partial charge in [0.05, 0.1) is 17.5 Å². The number of likely N-dealkylation sites (N-methyl/N-ethyl adjacent to an activating group) is 1. The van der Waals surface area contributed by atoms with Gasteiger partial charge in [-0.2, -0.15) is 0 Å². The number of phenols is 1. The van der Waals surface area contributed by atoms with Crippen LogP contribution in [0, 0.1) is 35.3 Å². The van der Waals surface area contributed by atoms with Gasteiger partial charge in [-0.05, 0) is 67.7 Å². The Kier molecular flexibility index (Phi) is 5.84. The zero-order chi connectivity index (χ0) is 27.8. The molecule has 38 heavy (non-hydrogen) atoms. The van der Waals surface area contributed by atoms with Gasteiger partial charge < -0.3 is 15.9 Å². The standard InChI is InChI=1S/C27H24F2N2O7/c1-31(2)21-16-8-11-7-15-14(10-5-12(28)9-13(29)6-10)3-4-17(32)19(15)22(33)18(11)24(35)27(16,38)25(36)20(23(21)34)26(30)37/h3-6,9,11,16,18,20-21,32,38H,7-8H2,1-2H3,(H2,30,37)/t11-,16-,18?,20?,21-,27-/m0/s1. The smallest absolute Gasteiger partial charge is 0.235 e. The van der Waals surface area contributed by atoms with Crippen molar-refractivity contribution in [2.75, 3.05) is 14.1 Å². The Morgan fingerprint density at radius 1 is 1.05 bits per heavy atom. The van der Waals surface area contributed by atoms with Gasteiger partial charge in [-0.1, -0.05) is 6.07 Å². The molecule has 0 spiro atoms. The van der Waals surface area contributed by atoms with Gasteiger partial charge in [-0.25, -0.2) is 8.78 Å². The Bertz CT molecular complexity index is 1430. The highest BCUT2D eigenvalue weighted by Gasteiger charge is 2.69. The maximum Gasteiger partial charge on any atom is 0.235 e. The molecule has 2 aromatic carbocycles. The van der Waals surface area contributed by atoms with Crippen LogP contribution in [-0.2, 0) is 25.6 Å². The number of benzene rings is 2. The van der Waals surface area contributed by atoms with E-state index in [1.807, 2.05) is 0 Å². The summed E-state index contributed by atoms with van der Waals surface area (Å²) in [6, 6.07) is 4.18. The molecule has 2 fully saturated rings. The van der Waals surface area contributed by atoms with Gasteiger partial charge in [0.1, 0.15) is 17.4 Å². The number of Topliss-reactive ketones (excluding diaryl/α,β-unsaturated/α-hetero) is 4. The summed E-state index contributed by atoms with van der Waals surface area (Å²) in [5.41, 5.74) is 2.86. The Morgan fingerprint density at radius 3 is 2.26 bits per heavy atom. The highest BCUT2D eigenvalue weighted by molar-refractivity contribution is 6.32. The lowest BCUT2D eigenvalue weighted by Gasteiger charge is -2.52. The highest BCUT2D eigenvalue weighted by atomic mass is 19.1. The number of phenolic OH excluding ortho intramolecular Hbond substituents is 1. The summed E-state index contributed by atoms with van der Waals surface area (Å²) in [7, 11) is 2.98. The molecule has 5 rings (SSSR count). The zero-order valence-electron chi connectivity index (χ0n) is 20.4. The van der Waals surface area contributed by atoms with E-state index >= 15 is 0 Å². The normalized spacial score (nSPS) is 30.6. The lowest BCUT2D eigenvalue weighted by atomic mass is 9.52. The van der Waals surface area contributed by atoms with Gasteiger partial charge in [0, 0.05) is 12.0 Å². The molecule has 2 aromatic rings. The van der Waals surface area contributed by atoms with Crippen LogP contribution < -0.4 is 5.73 Å². The van der Waals surface area contributed by atoms with Crippen LogP contribution in [0.15, 0.2) is 30.3 Å². The van der Waals surface area contributed by atoms with Crippen molar-refractivity contribution in [2.45, 2.75) is 24.5 Å². The number of carbonyl (C=O) groups is 5. The first kappa shape index (κ1) is 25.8. The average molecular weight is 526 g/mol. The van der Waals surface area contributed by atoms with Crippen molar-refractivity contribution in [3.8, 4) is 16.9 Å². The number of amides is 1. The summed E-state index contributed by atoms with van der Waals surface area (Å²) in [6.07, 6.45) is -0.149. The number of halogens is 2. The summed E-state index contributed by atoms with van der Waals surface area (Å²) < 4.78 is 28.0. The van der Waals surface area contributed by atoms with E-state index in [9.17, 15) is 43.0 Å². The SMILES string of the molecule is CN(C)[C@@H]1C(=O)C(C(N)=O)C(=O)[C@@]2(O)C(=O)C3C(=O)c4c(O)ccc(-c5cc(F)cc(F)c5)c4C[C@H]3C[C@@H]12. The van der Waals surface area contributed by atoms with E-state index < -0.39 is 81.7 Å². The molecule has 0 radical (unpaired) electrons. The molecule has 2 unspecified atom stereocenters. The molecule has 0 aromatic heterocycles. The fourth-order valence-electron chi connectivity index (χ4n) is 6.58. The van der Waals surface area contributed by atoms with E-state index in [0.717, 1.165) is 18.2 Å². The summed E-state index contributed by atoms with van der Waals surface area (Å²) >= 11 is 0. The van der Waals surface area contributed by atoms with Crippen LogP contribution >= 0.6 is 0 Å². The van der Waals surface area contributed by atoms with Gasteiger partial charge in [-0.3, -0.25) is 28.9 Å². The third kappa shape index (κ3) is 3.45. The van der Waals surface area contributed by atoms with E-state index in [1.165, 1.54) is 25.1 Å². The van der Waals surface area contributed by atoms with Crippen LogP contribution in [0.3, 0.4) is 0 Å². The molecule has 1 amide bonds. The molecular formula is C27H24F2N2O7. The molecule has 6 atom stereocenters. The number of rotatable bonds is 3. The van der Waals surface area contributed by atoms with Crippen LogP contribution in [-0.4, -0.2) is 69.9 Å². The molecule has 0 bridgehead atoms. The number of hydrogen-bond donors (Lipinski definition) is 3. The Hall–Kier alpha value is -3.83. The quantitative estimate of drug-likeness (QED) is 0.497. The molecule has 198 valence electrons. The molecule has 3 aliphatic rings. The fourth-order valence-corrected chi connectivity index (χ4v) is 6.58. The Balaban J connectivity index is 1.67. The predicted molar refractivity (Wildman–Crippen MR) is 127 cm³/mol. The van der Waals surface area contributed by atoms with E-state index in [0.29, 0.717) is 6.07 Å². The molecule has 4 N–H and O–H groups in total. The number of nitrogens with two attached hydrogens (primary N) is 1. The van der Waals surface area contributed by atoms with Crippen molar-refractivity contribution in [2.24, 2.45) is 29.4 Å². The molecule has 0 heterocycles. The van der Waals surface area contributed by atoms with E-state index in [4.69, 9.17) is 5.73 Å². The number of nitrogens with zero attached hydrogens (tertiary/aromatic N) is 1. The summed E-state index contributed by atoms with van der Waals surface area (Å²) in [6.45, 7) is 0. The van der Waals surface area contributed by atoms with E-state index in [2.05, 4.69) is 0 Å². The minimum Gasteiger partial charge on any atom is -0.507 e. The number of aliphatic hydroxyl groups is 1. The van der Waals surface area contributed by atoms with Gasteiger partial charge in [0.15, 0.2) is 34.7 Å². The van der Waals surface area contributed by atoms with Gasteiger partial charge in [-0.15, -0.1) is 0 Å². The van der Waals surface area contributed by atoms with Crippen LogP contribution in [0.1, 0.15) is 22.3 Å². The lowest BCUT2D eigenvalue weighted by Crippen LogP contribution is -2.74. The third-order valence-corrected chi connectivity index (χ3v) is 8.12. The van der Waals surface area contributed by atoms with Crippen LogP contribution in [0.4, 0.5) is 8.78 Å². The van der Waals surface area contributed by atoms with Crippen LogP contribution in [0.2, 0.25) is 0 Å². The first-order valence-electron chi connectivity index (χ1n) is 11.9. The first-order valence-corrected chi connectivity index (χ1v) is 11.9. The molecular weight excluding hydrogens is 502 g/mol. The molecule has 2 saturated carbocycles. The monoisotopic (exact) mass is 526 g/mol. The van der Waals surface area contributed by atoms with Crippen molar-refractivity contribution in [1.29, 1.82) is 0 Å². The molecule has 3 aliphatic carbocycles. The number of carbonyl (C=O) groups excluding carboxylic acids is 5. The second kappa shape index (κ2) is 8.60. The number of primary amides is 1. The fraction of sp³-hybridized carbons (Fsp3) is 0.370. The second-order valence-corrected chi connectivity index (χ2v) is 10.4. The minimum absolute atomic E-state index is 0.0201. The second-order valence-electron chi connectivity index (χ2n) is 10.4. The predicted octanol–water partition coefficient (Wildman–Crippen LogP) is 0.812. The Labute approximate surface area is 215 Å². The summed E-state index contributed by atoms with van der Waals surface area (Å²) in [4.78, 5) is 67.3. The van der Waals surface area contributed by atoms with Gasteiger partial charge in [0.25, 0.3) is 0 Å². The first-order chi connectivity index (χ1) is 17.8. The van der Waals surface area contributed by atoms with E-state index in [-0.39, 0.29) is 35.1 Å². The lowest BCUT2D eigenvalue weighted by molar-refractivity contribution is -0.181. The van der Waals surface area contributed by atoms with Crippen molar-refractivity contribution < 1.29 is 43.0 Å². The van der Waals surface area contributed by atoms with Crippen molar-refractivity contribution in [3.63, 3.8) is 0 Å². The van der Waals surface area contributed by atoms with Crippen LogP contribution in [0.25, 0.3) is 11.1 Å². The van der Waals surface area contributed by atoms with Crippen molar-refractivity contribution >= 4 is 29.0 Å². The zero-order valence-corrected chi connectivity index (χ0v) is 20.4. The largest absolute Gasteiger partial charge is 0.507 e. The number of fused-ring (bicyclic) bond motifs is 3. The molecule has 0 saturated heterocycles. The number of aromatic hydroxyl groups is 1. The highest BCUT2D eigenvalue weighted by Crippen LogP contribution is 2.51. The number of hydrogen-bond acceptors (Lipinski definition) is 8. The molecule has 0 aliphatic heterocycles. The summed E-state index contributed by atoms with van der Waals surface area (Å²) in [5.74, 6) is -13.4. The molecule has 11 heteroatoms. The Morgan fingerprint density at radius 2 is 1.68 bits per heavy atom. The van der Waals surface area contributed by atoms with Crippen LogP contribution in [0.5, 0.6) is 5.75 Å². The minimum atomic E-state index is -2.82. The number of ketones is 4. The van der Waals surface area contributed by atoms with Crippen molar-refractivity contribution in [1.82, 2.24) is 4.90 Å². The molecule has 9 nitrogen and oxygen atoms in total. The summed E-state index contributed by atoms with van der Waals surface area (Å²) in [5, 5.41) is 22.1. The van der Waals surface area contributed by atoms with Crippen molar-refractivity contribution in [3.05, 3.63) is 53.1 Å². The topological polar surface area (TPSA) is 155 Å². The maximum absolute atomic E-state index is 14.0.